The fourth-order valence-electron chi connectivity index (χ4n) is 0.716. The van der Waals surface area contributed by atoms with E-state index in [-0.39, 0.29) is 17.9 Å². The van der Waals surface area contributed by atoms with Gasteiger partial charge in [-0.1, -0.05) is 13.3 Å². The third-order valence-corrected chi connectivity index (χ3v) is 1.27. The number of carbonyl (C=O) groups excluding carboxylic acids is 1. The molecule has 0 aromatic carbocycles. The van der Waals surface area contributed by atoms with Crippen LogP contribution in [0.5, 0.6) is 0 Å². The smallest absolute Gasteiger partial charge is 0.329 e. The highest BCUT2D eigenvalue weighted by molar-refractivity contribution is 5.75. The third-order valence-electron chi connectivity index (χ3n) is 1.27. The molecule has 1 unspecified atom stereocenters. The van der Waals surface area contributed by atoms with Crippen LogP contribution in [0.4, 0.5) is 0 Å². The Labute approximate surface area is 64.2 Å². The zero-order chi connectivity index (χ0) is 8.85. The zero-order valence-electron chi connectivity index (χ0n) is 6.23. The second-order valence-corrected chi connectivity index (χ2v) is 2.13. The van der Waals surface area contributed by atoms with Gasteiger partial charge in [0, 0.05) is 0 Å². The fourth-order valence-corrected chi connectivity index (χ4v) is 0.716. The average Bonchev–Trinajstić information content (AvgIpc) is 1.98. The van der Waals surface area contributed by atoms with Gasteiger partial charge in [0.05, 0.1) is 0 Å². The first-order chi connectivity index (χ1) is 5.13. The highest BCUT2D eigenvalue weighted by Gasteiger charge is 2.21. The van der Waals surface area contributed by atoms with Crippen LogP contribution in [0.15, 0.2) is 0 Å². The Morgan fingerprint density at radius 2 is 2.27 bits per heavy atom. The van der Waals surface area contributed by atoms with Crippen LogP contribution in [0.1, 0.15) is 19.8 Å². The number of amides is 1. The van der Waals surface area contributed by atoms with Gasteiger partial charge in [-0.15, -0.1) is 0 Å². The molecule has 0 aromatic rings. The maximum absolute atomic E-state index is 10.3. The number of hydrogen-bond donors (Lipinski definition) is 2. The number of rotatable bonds is 5. The SMILES string of the molecule is CCCC(C(=O)O)N(O)C=O. The van der Waals surface area contributed by atoms with Gasteiger partial charge in [0.2, 0.25) is 6.41 Å². The van der Waals surface area contributed by atoms with Crippen LogP contribution in [-0.4, -0.2) is 33.8 Å². The Balaban J connectivity index is 4.08. The first-order valence-electron chi connectivity index (χ1n) is 3.28. The molecule has 1 amide bonds. The van der Waals surface area contributed by atoms with E-state index in [1.165, 1.54) is 0 Å². The molecule has 5 heteroatoms. The van der Waals surface area contributed by atoms with Crippen molar-refractivity contribution in [2.24, 2.45) is 0 Å². The van der Waals surface area contributed by atoms with Crippen molar-refractivity contribution in [3.8, 4) is 0 Å². The van der Waals surface area contributed by atoms with Crippen molar-refractivity contribution < 1.29 is 19.9 Å². The molecule has 0 spiro atoms. The van der Waals surface area contributed by atoms with E-state index in [2.05, 4.69) is 0 Å². The number of carbonyl (C=O) groups is 2. The minimum absolute atomic E-state index is 0.0917. The molecule has 0 heterocycles. The molecule has 64 valence electrons. The van der Waals surface area contributed by atoms with Crippen LogP contribution < -0.4 is 0 Å². The van der Waals surface area contributed by atoms with E-state index in [9.17, 15) is 9.59 Å². The van der Waals surface area contributed by atoms with Crippen molar-refractivity contribution >= 4 is 12.4 Å². The maximum Gasteiger partial charge on any atom is 0.329 e. The minimum atomic E-state index is -1.19. The zero-order valence-corrected chi connectivity index (χ0v) is 6.23. The van der Waals surface area contributed by atoms with Crippen molar-refractivity contribution in [2.75, 3.05) is 0 Å². The molecular formula is C6H11NO4. The molecule has 0 aliphatic carbocycles. The van der Waals surface area contributed by atoms with Crippen LogP contribution in [0.25, 0.3) is 0 Å². The Morgan fingerprint density at radius 1 is 1.73 bits per heavy atom. The second kappa shape index (κ2) is 4.68. The molecule has 0 rings (SSSR count). The van der Waals surface area contributed by atoms with Crippen molar-refractivity contribution in [2.45, 2.75) is 25.8 Å². The fraction of sp³-hybridized carbons (Fsp3) is 0.667. The number of nitrogens with zero attached hydrogens (tertiary/aromatic N) is 1. The number of hydroxylamine groups is 2. The second-order valence-electron chi connectivity index (χ2n) is 2.13. The molecule has 0 radical (unpaired) electrons. The van der Waals surface area contributed by atoms with Gasteiger partial charge in [-0.05, 0) is 6.42 Å². The Bertz CT molecular complexity index is 148. The molecule has 2 N–H and O–H groups in total. The van der Waals surface area contributed by atoms with Crippen molar-refractivity contribution in [3.05, 3.63) is 0 Å². The van der Waals surface area contributed by atoms with Gasteiger partial charge < -0.3 is 5.11 Å². The molecule has 11 heavy (non-hydrogen) atoms. The first kappa shape index (κ1) is 9.90. The molecular weight excluding hydrogens is 150 g/mol. The molecule has 5 nitrogen and oxygen atoms in total. The molecule has 0 aliphatic heterocycles. The number of carboxylic acids is 1. The Kier molecular flexibility index (Phi) is 4.21. The van der Waals surface area contributed by atoms with Crippen LogP contribution in [0.3, 0.4) is 0 Å². The maximum atomic E-state index is 10.3. The van der Waals surface area contributed by atoms with Gasteiger partial charge in [0.25, 0.3) is 0 Å². The number of carboxylic acid groups (broad SMARTS) is 1. The van der Waals surface area contributed by atoms with E-state index < -0.39 is 12.0 Å². The summed E-state index contributed by atoms with van der Waals surface area (Å²) < 4.78 is 0. The van der Waals surface area contributed by atoms with Crippen LogP contribution in [0, 0.1) is 0 Å². The quantitative estimate of drug-likeness (QED) is 0.340. The third kappa shape index (κ3) is 2.99. The van der Waals surface area contributed by atoms with E-state index in [1.54, 1.807) is 6.92 Å². The first-order valence-corrected chi connectivity index (χ1v) is 3.28. The molecule has 0 saturated heterocycles. The van der Waals surface area contributed by atoms with Crippen LogP contribution in [0.2, 0.25) is 0 Å². The lowest BCUT2D eigenvalue weighted by Gasteiger charge is -2.16. The lowest BCUT2D eigenvalue weighted by Crippen LogP contribution is -2.37. The van der Waals surface area contributed by atoms with E-state index in [0.717, 1.165) is 0 Å². The average molecular weight is 161 g/mol. The highest BCUT2D eigenvalue weighted by Crippen LogP contribution is 2.02. The summed E-state index contributed by atoms with van der Waals surface area (Å²) in [6.07, 6.45) is 0.945. The monoisotopic (exact) mass is 161 g/mol. The van der Waals surface area contributed by atoms with Gasteiger partial charge >= 0.3 is 5.97 Å². The summed E-state index contributed by atoms with van der Waals surface area (Å²) in [6.45, 7) is 1.77. The summed E-state index contributed by atoms with van der Waals surface area (Å²) in [5, 5.41) is 17.3. The molecule has 0 fully saturated rings. The van der Waals surface area contributed by atoms with Gasteiger partial charge in [-0.25, -0.2) is 9.86 Å². The summed E-state index contributed by atoms with van der Waals surface area (Å²) >= 11 is 0. The van der Waals surface area contributed by atoms with Gasteiger partial charge in [0.1, 0.15) is 0 Å². The van der Waals surface area contributed by atoms with Gasteiger partial charge in [0.15, 0.2) is 6.04 Å². The van der Waals surface area contributed by atoms with Crippen molar-refractivity contribution in [1.82, 2.24) is 5.06 Å². The lowest BCUT2D eigenvalue weighted by molar-refractivity contribution is -0.175. The number of hydrogen-bond acceptors (Lipinski definition) is 3. The van der Waals surface area contributed by atoms with E-state index in [0.29, 0.717) is 6.42 Å². The molecule has 0 saturated carbocycles. The summed E-state index contributed by atoms with van der Waals surface area (Å²) in [5.74, 6) is -1.19. The molecule has 0 aliphatic rings. The van der Waals surface area contributed by atoms with Crippen molar-refractivity contribution in [1.29, 1.82) is 0 Å². The Morgan fingerprint density at radius 3 is 2.55 bits per heavy atom. The highest BCUT2D eigenvalue weighted by atomic mass is 16.5. The van der Waals surface area contributed by atoms with Gasteiger partial charge in [-0.3, -0.25) is 10.0 Å². The largest absolute Gasteiger partial charge is 0.480 e. The molecule has 1 atom stereocenters. The van der Waals surface area contributed by atoms with Crippen molar-refractivity contribution in [3.63, 3.8) is 0 Å². The number of aliphatic carboxylic acids is 1. The predicted molar refractivity (Wildman–Crippen MR) is 36.0 cm³/mol. The summed E-state index contributed by atoms with van der Waals surface area (Å²) in [6, 6.07) is -1.11. The minimum Gasteiger partial charge on any atom is -0.480 e. The van der Waals surface area contributed by atoms with E-state index in [4.69, 9.17) is 10.3 Å². The van der Waals surface area contributed by atoms with E-state index in [1.807, 2.05) is 0 Å². The topological polar surface area (TPSA) is 77.8 Å². The standard InChI is InChI=1S/C6H11NO4/c1-2-3-5(6(9)10)7(11)4-8/h4-5,11H,2-3H2,1H3,(H,9,10). The van der Waals surface area contributed by atoms with Crippen LogP contribution >= 0.6 is 0 Å². The summed E-state index contributed by atoms with van der Waals surface area (Å²) in [5.41, 5.74) is 0. The van der Waals surface area contributed by atoms with Crippen LogP contribution in [-0.2, 0) is 9.59 Å². The molecule has 0 bridgehead atoms. The summed E-state index contributed by atoms with van der Waals surface area (Å²) in [4.78, 5) is 20.3. The lowest BCUT2D eigenvalue weighted by atomic mass is 10.2. The summed E-state index contributed by atoms with van der Waals surface area (Å²) in [7, 11) is 0. The Hall–Kier alpha value is -1.10. The normalized spacial score (nSPS) is 12.2. The molecule has 0 aromatic heterocycles. The predicted octanol–water partition coefficient (Wildman–Crippen LogP) is 0.0873. The van der Waals surface area contributed by atoms with Gasteiger partial charge in [-0.2, -0.15) is 0 Å². The van der Waals surface area contributed by atoms with E-state index >= 15 is 0 Å².